The molecule has 2 nitrogen and oxygen atoms in total. The van der Waals surface area contributed by atoms with E-state index in [-0.39, 0.29) is 0 Å². The summed E-state index contributed by atoms with van der Waals surface area (Å²) < 4.78 is 0. The van der Waals surface area contributed by atoms with E-state index >= 15 is 0 Å². The Hall–Kier alpha value is -2.27. The van der Waals surface area contributed by atoms with Gasteiger partial charge in [0.2, 0.25) is 0 Å². The Bertz CT molecular complexity index is 592. The van der Waals surface area contributed by atoms with Gasteiger partial charge in [0.15, 0.2) is 0 Å². The zero-order valence-corrected chi connectivity index (χ0v) is 11.4. The topological polar surface area (TPSA) is 35.8 Å². The predicted molar refractivity (Wildman–Crippen MR) is 79.0 cm³/mol. The Morgan fingerprint density at radius 3 is 2.37 bits per heavy atom. The van der Waals surface area contributed by atoms with Crippen molar-refractivity contribution in [2.45, 2.75) is 26.8 Å². The van der Waals surface area contributed by atoms with E-state index in [0.717, 1.165) is 24.2 Å². The van der Waals surface area contributed by atoms with Gasteiger partial charge in [0.25, 0.3) is 0 Å². The van der Waals surface area contributed by atoms with E-state index in [1.165, 1.54) is 11.1 Å². The minimum absolute atomic E-state index is 0.689. The van der Waals surface area contributed by atoms with Gasteiger partial charge in [0, 0.05) is 12.2 Å². The second-order valence-corrected chi connectivity index (χ2v) is 4.67. The number of rotatable bonds is 4. The van der Waals surface area contributed by atoms with Crippen molar-refractivity contribution in [1.82, 2.24) is 0 Å². The fourth-order valence-corrected chi connectivity index (χ4v) is 1.97. The van der Waals surface area contributed by atoms with Crippen molar-refractivity contribution in [3.63, 3.8) is 0 Å². The van der Waals surface area contributed by atoms with Crippen molar-refractivity contribution >= 4 is 5.69 Å². The molecular weight excluding hydrogens is 232 g/mol. The van der Waals surface area contributed by atoms with Gasteiger partial charge in [-0.05, 0) is 42.2 Å². The molecule has 0 saturated heterocycles. The second kappa shape index (κ2) is 6.06. The molecule has 0 spiro atoms. The molecule has 0 aliphatic heterocycles. The number of hydrogen-bond acceptors (Lipinski definition) is 2. The van der Waals surface area contributed by atoms with E-state index in [4.69, 9.17) is 5.26 Å². The van der Waals surface area contributed by atoms with Crippen LogP contribution in [0.25, 0.3) is 0 Å². The van der Waals surface area contributed by atoms with Crippen molar-refractivity contribution < 1.29 is 0 Å². The summed E-state index contributed by atoms with van der Waals surface area (Å²) >= 11 is 0. The average molecular weight is 250 g/mol. The summed E-state index contributed by atoms with van der Waals surface area (Å²) in [7, 11) is 0. The molecule has 0 bridgehead atoms. The van der Waals surface area contributed by atoms with Gasteiger partial charge in [-0.3, -0.25) is 0 Å². The number of hydrogen-bond donors (Lipinski definition) is 1. The highest BCUT2D eigenvalue weighted by Gasteiger charge is 2.00. The molecule has 0 aromatic heterocycles. The first-order chi connectivity index (χ1) is 9.22. The van der Waals surface area contributed by atoms with Crippen LogP contribution in [0.15, 0.2) is 42.5 Å². The van der Waals surface area contributed by atoms with Gasteiger partial charge in [0.1, 0.15) is 0 Å². The van der Waals surface area contributed by atoms with Crippen LogP contribution in [0.2, 0.25) is 0 Å². The zero-order chi connectivity index (χ0) is 13.7. The first-order valence-electron chi connectivity index (χ1n) is 6.55. The lowest BCUT2D eigenvalue weighted by Gasteiger charge is -2.10. The first-order valence-corrected chi connectivity index (χ1v) is 6.55. The summed E-state index contributed by atoms with van der Waals surface area (Å²) in [5, 5.41) is 12.3. The maximum Gasteiger partial charge on any atom is 0.0992 e. The van der Waals surface area contributed by atoms with Gasteiger partial charge in [-0.2, -0.15) is 5.26 Å². The Balaban J connectivity index is 2.07. The molecule has 0 saturated carbocycles. The lowest BCUT2D eigenvalue weighted by atomic mass is 10.1. The maximum atomic E-state index is 8.92. The van der Waals surface area contributed by atoms with Gasteiger partial charge < -0.3 is 5.32 Å². The molecule has 0 amide bonds. The van der Waals surface area contributed by atoms with Crippen molar-refractivity contribution in [2.75, 3.05) is 5.32 Å². The van der Waals surface area contributed by atoms with Crippen molar-refractivity contribution in [2.24, 2.45) is 0 Å². The molecule has 2 aromatic rings. The number of aryl methyl sites for hydroxylation is 2. The number of anilines is 1. The monoisotopic (exact) mass is 250 g/mol. The number of nitriles is 1. The third kappa shape index (κ3) is 3.35. The van der Waals surface area contributed by atoms with E-state index in [2.05, 4.69) is 42.6 Å². The molecule has 19 heavy (non-hydrogen) atoms. The highest BCUT2D eigenvalue weighted by molar-refractivity contribution is 5.55. The zero-order valence-electron chi connectivity index (χ0n) is 11.4. The molecule has 0 heterocycles. The van der Waals surface area contributed by atoms with Crippen LogP contribution in [-0.4, -0.2) is 0 Å². The van der Waals surface area contributed by atoms with Crippen LogP contribution in [0.1, 0.15) is 29.2 Å². The summed E-state index contributed by atoms with van der Waals surface area (Å²) in [6.07, 6.45) is 1.07. The molecular formula is C17H18N2. The van der Waals surface area contributed by atoms with Crippen LogP contribution in [0.3, 0.4) is 0 Å². The molecule has 0 fully saturated rings. The van der Waals surface area contributed by atoms with E-state index in [9.17, 15) is 0 Å². The van der Waals surface area contributed by atoms with Crippen LogP contribution in [0, 0.1) is 18.3 Å². The lowest BCUT2D eigenvalue weighted by molar-refractivity contribution is 1.10. The quantitative estimate of drug-likeness (QED) is 0.888. The van der Waals surface area contributed by atoms with Crippen LogP contribution < -0.4 is 5.32 Å². The van der Waals surface area contributed by atoms with Crippen molar-refractivity contribution in [1.29, 1.82) is 5.26 Å². The number of nitrogens with one attached hydrogen (secondary N) is 1. The normalized spacial score (nSPS) is 9.95. The van der Waals surface area contributed by atoms with Crippen molar-refractivity contribution in [3.05, 3.63) is 64.7 Å². The van der Waals surface area contributed by atoms with Gasteiger partial charge in [-0.25, -0.2) is 0 Å². The van der Waals surface area contributed by atoms with Gasteiger partial charge in [-0.1, -0.05) is 37.3 Å². The average Bonchev–Trinajstić information content (AvgIpc) is 2.47. The molecule has 0 aliphatic rings. The lowest BCUT2D eigenvalue weighted by Crippen LogP contribution is -2.01. The highest BCUT2D eigenvalue weighted by Crippen LogP contribution is 2.17. The third-order valence-electron chi connectivity index (χ3n) is 3.28. The standard InChI is InChI=1S/C17H18N2/c1-3-14-6-8-15(9-7-14)12-19-17-10-16(11-18)5-4-13(17)2/h4-10,19H,3,12H2,1-2H3. The molecule has 0 radical (unpaired) electrons. The number of benzene rings is 2. The van der Waals surface area contributed by atoms with Crippen LogP contribution >= 0.6 is 0 Å². The summed E-state index contributed by atoms with van der Waals surface area (Å²) in [4.78, 5) is 0. The molecule has 1 N–H and O–H groups in total. The predicted octanol–water partition coefficient (Wildman–Crippen LogP) is 4.04. The fraction of sp³-hybridized carbons (Fsp3) is 0.235. The van der Waals surface area contributed by atoms with Crippen LogP contribution in [-0.2, 0) is 13.0 Å². The summed E-state index contributed by atoms with van der Waals surface area (Å²) in [5.41, 5.74) is 5.47. The Morgan fingerprint density at radius 1 is 1.05 bits per heavy atom. The Morgan fingerprint density at radius 2 is 1.74 bits per heavy atom. The third-order valence-corrected chi connectivity index (χ3v) is 3.28. The summed E-state index contributed by atoms with van der Waals surface area (Å²) in [6, 6.07) is 16.5. The van der Waals surface area contributed by atoms with E-state index in [1.807, 2.05) is 25.1 Å². The van der Waals surface area contributed by atoms with Gasteiger partial charge in [0.05, 0.1) is 11.6 Å². The molecule has 2 aromatic carbocycles. The van der Waals surface area contributed by atoms with Crippen LogP contribution in [0.4, 0.5) is 5.69 Å². The second-order valence-electron chi connectivity index (χ2n) is 4.67. The van der Waals surface area contributed by atoms with E-state index in [1.54, 1.807) is 0 Å². The summed E-state index contributed by atoms with van der Waals surface area (Å²) in [6.45, 7) is 4.98. The van der Waals surface area contributed by atoms with Gasteiger partial charge >= 0.3 is 0 Å². The Kier molecular flexibility index (Phi) is 4.20. The maximum absolute atomic E-state index is 8.92. The van der Waals surface area contributed by atoms with Crippen LogP contribution in [0.5, 0.6) is 0 Å². The smallest absolute Gasteiger partial charge is 0.0992 e. The van der Waals surface area contributed by atoms with E-state index < -0.39 is 0 Å². The Labute approximate surface area is 114 Å². The van der Waals surface area contributed by atoms with E-state index in [0.29, 0.717) is 5.56 Å². The fourth-order valence-electron chi connectivity index (χ4n) is 1.97. The molecule has 2 rings (SSSR count). The SMILES string of the molecule is CCc1ccc(CNc2cc(C#N)ccc2C)cc1. The number of nitrogens with zero attached hydrogens (tertiary/aromatic N) is 1. The molecule has 96 valence electrons. The largest absolute Gasteiger partial charge is 0.381 e. The summed E-state index contributed by atoms with van der Waals surface area (Å²) in [5.74, 6) is 0. The molecule has 0 aliphatic carbocycles. The molecule has 2 heteroatoms. The minimum Gasteiger partial charge on any atom is -0.381 e. The first kappa shape index (κ1) is 13.2. The van der Waals surface area contributed by atoms with Gasteiger partial charge in [-0.15, -0.1) is 0 Å². The molecule has 0 atom stereocenters. The molecule has 0 unspecified atom stereocenters. The minimum atomic E-state index is 0.689. The van der Waals surface area contributed by atoms with Crippen molar-refractivity contribution in [3.8, 4) is 6.07 Å². The highest BCUT2D eigenvalue weighted by atomic mass is 14.9.